The van der Waals surface area contributed by atoms with E-state index in [4.69, 9.17) is 11.5 Å². The molecule has 0 unspecified atom stereocenters. The molecule has 0 aromatic carbocycles. The highest BCUT2D eigenvalue weighted by Gasteiger charge is 2.07. The van der Waals surface area contributed by atoms with Crippen LogP contribution >= 0.6 is 0 Å². The van der Waals surface area contributed by atoms with E-state index in [0.29, 0.717) is 19.6 Å². The lowest BCUT2D eigenvalue weighted by Crippen LogP contribution is -2.40. The molecule has 82 valence electrons. The number of carbonyl (C=O) groups excluding carboxylic acids is 1. The fraction of sp³-hybridized carbons (Fsp3) is 0.400. The average molecular weight is 208 g/mol. The Morgan fingerprint density at radius 2 is 2.27 bits per heavy atom. The number of amides is 2. The molecule has 5 heteroatoms. The van der Waals surface area contributed by atoms with Crippen LogP contribution in [0.15, 0.2) is 24.5 Å². The minimum Gasteiger partial charge on any atom is -0.351 e. The zero-order chi connectivity index (χ0) is 11.1. The van der Waals surface area contributed by atoms with Crippen LogP contribution in [0, 0.1) is 0 Å². The average Bonchev–Trinajstić information content (AvgIpc) is 2.25. The lowest BCUT2D eigenvalue weighted by atomic mass is 10.2. The van der Waals surface area contributed by atoms with Crippen molar-refractivity contribution >= 4 is 6.03 Å². The Balaban J connectivity index is 2.43. The van der Waals surface area contributed by atoms with Crippen LogP contribution in [-0.2, 0) is 6.42 Å². The number of nitrogens with two attached hydrogens (primary N) is 2. The first-order valence-electron chi connectivity index (χ1n) is 4.87. The smallest absolute Gasteiger partial charge is 0.314 e. The zero-order valence-electron chi connectivity index (χ0n) is 8.60. The second kappa shape index (κ2) is 5.98. The number of pyridine rings is 1. The third kappa shape index (κ3) is 3.95. The van der Waals surface area contributed by atoms with Gasteiger partial charge in [0, 0.05) is 32.0 Å². The molecule has 1 heterocycles. The van der Waals surface area contributed by atoms with Gasteiger partial charge in [-0.25, -0.2) is 4.79 Å². The largest absolute Gasteiger partial charge is 0.351 e. The van der Waals surface area contributed by atoms with Crippen molar-refractivity contribution in [3.05, 3.63) is 30.1 Å². The number of carbonyl (C=O) groups is 1. The van der Waals surface area contributed by atoms with E-state index in [9.17, 15) is 4.79 Å². The number of hydrogen-bond donors (Lipinski definition) is 2. The molecular weight excluding hydrogens is 192 g/mol. The molecule has 0 spiro atoms. The summed E-state index contributed by atoms with van der Waals surface area (Å²) in [5, 5.41) is 0. The van der Waals surface area contributed by atoms with Gasteiger partial charge in [-0.2, -0.15) is 0 Å². The number of rotatable bonds is 5. The molecule has 1 aromatic rings. The van der Waals surface area contributed by atoms with Crippen LogP contribution < -0.4 is 11.5 Å². The predicted molar refractivity (Wildman–Crippen MR) is 58.2 cm³/mol. The molecule has 1 aromatic heterocycles. The van der Waals surface area contributed by atoms with Crippen molar-refractivity contribution in [2.75, 3.05) is 19.6 Å². The highest BCUT2D eigenvalue weighted by molar-refractivity contribution is 5.71. The van der Waals surface area contributed by atoms with Gasteiger partial charge in [0.2, 0.25) is 0 Å². The van der Waals surface area contributed by atoms with Gasteiger partial charge in [0.15, 0.2) is 0 Å². The Bertz CT molecular complexity index is 302. The first-order chi connectivity index (χ1) is 7.24. The van der Waals surface area contributed by atoms with E-state index >= 15 is 0 Å². The maximum absolute atomic E-state index is 11.0. The number of nitrogens with zero attached hydrogens (tertiary/aromatic N) is 2. The monoisotopic (exact) mass is 208 g/mol. The van der Waals surface area contributed by atoms with Crippen LogP contribution in [0.25, 0.3) is 0 Å². The third-order valence-electron chi connectivity index (χ3n) is 2.10. The van der Waals surface area contributed by atoms with E-state index in [1.807, 2.05) is 12.1 Å². The Morgan fingerprint density at radius 1 is 1.47 bits per heavy atom. The van der Waals surface area contributed by atoms with Gasteiger partial charge in [0.25, 0.3) is 0 Å². The van der Waals surface area contributed by atoms with E-state index in [2.05, 4.69) is 4.98 Å². The first kappa shape index (κ1) is 11.5. The van der Waals surface area contributed by atoms with Gasteiger partial charge < -0.3 is 16.4 Å². The summed E-state index contributed by atoms with van der Waals surface area (Å²) in [7, 11) is 0. The van der Waals surface area contributed by atoms with Crippen LogP contribution in [0.2, 0.25) is 0 Å². The Labute approximate surface area is 89.1 Å². The molecule has 5 nitrogen and oxygen atoms in total. The predicted octanol–water partition coefficient (Wildman–Crippen LogP) is -0.0365. The van der Waals surface area contributed by atoms with Crippen LogP contribution in [0.1, 0.15) is 5.56 Å². The van der Waals surface area contributed by atoms with Crippen molar-refractivity contribution in [2.45, 2.75) is 6.42 Å². The van der Waals surface area contributed by atoms with Crippen molar-refractivity contribution in [2.24, 2.45) is 11.5 Å². The lowest BCUT2D eigenvalue weighted by Gasteiger charge is -2.19. The summed E-state index contributed by atoms with van der Waals surface area (Å²) in [6, 6.07) is 3.41. The highest BCUT2D eigenvalue weighted by Crippen LogP contribution is 1.99. The van der Waals surface area contributed by atoms with Crippen molar-refractivity contribution in [3.8, 4) is 0 Å². The van der Waals surface area contributed by atoms with E-state index in [1.165, 1.54) is 4.90 Å². The molecule has 0 radical (unpaired) electrons. The fourth-order valence-corrected chi connectivity index (χ4v) is 1.30. The molecule has 0 saturated carbocycles. The topological polar surface area (TPSA) is 85.2 Å². The van der Waals surface area contributed by atoms with E-state index in [1.54, 1.807) is 12.4 Å². The molecule has 0 aliphatic carbocycles. The Morgan fingerprint density at radius 3 is 2.80 bits per heavy atom. The van der Waals surface area contributed by atoms with Gasteiger partial charge >= 0.3 is 6.03 Å². The summed E-state index contributed by atoms with van der Waals surface area (Å²) < 4.78 is 0. The van der Waals surface area contributed by atoms with Crippen molar-refractivity contribution in [1.82, 2.24) is 9.88 Å². The van der Waals surface area contributed by atoms with Crippen LogP contribution in [0.3, 0.4) is 0 Å². The molecule has 0 atom stereocenters. The Kier molecular flexibility index (Phi) is 4.56. The number of urea groups is 1. The highest BCUT2D eigenvalue weighted by atomic mass is 16.2. The summed E-state index contributed by atoms with van der Waals surface area (Å²) in [5.74, 6) is 0. The maximum atomic E-state index is 11.0. The van der Waals surface area contributed by atoms with E-state index in [0.717, 1.165) is 12.0 Å². The molecule has 2 amide bonds. The van der Waals surface area contributed by atoms with E-state index < -0.39 is 6.03 Å². The van der Waals surface area contributed by atoms with Crippen LogP contribution in [0.4, 0.5) is 4.79 Å². The third-order valence-corrected chi connectivity index (χ3v) is 2.10. The molecule has 15 heavy (non-hydrogen) atoms. The molecule has 0 saturated heterocycles. The molecule has 1 rings (SSSR count). The Hall–Kier alpha value is -1.62. The minimum absolute atomic E-state index is 0.427. The van der Waals surface area contributed by atoms with Crippen LogP contribution in [-0.4, -0.2) is 35.5 Å². The van der Waals surface area contributed by atoms with Gasteiger partial charge in [0.1, 0.15) is 0 Å². The molecule has 0 aliphatic heterocycles. The number of hydrogen-bond acceptors (Lipinski definition) is 3. The van der Waals surface area contributed by atoms with Crippen molar-refractivity contribution in [3.63, 3.8) is 0 Å². The molecule has 0 aliphatic rings. The van der Waals surface area contributed by atoms with Gasteiger partial charge in [-0.15, -0.1) is 0 Å². The van der Waals surface area contributed by atoms with Gasteiger partial charge in [-0.1, -0.05) is 6.07 Å². The van der Waals surface area contributed by atoms with Crippen molar-refractivity contribution in [1.29, 1.82) is 0 Å². The summed E-state index contributed by atoms with van der Waals surface area (Å²) in [4.78, 5) is 16.5. The van der Waals surface area contributed by atoms with Gasteiger partial charge in [0.05, 0.1) is 0 Å². The standard InChI is InChI=1S/C10H16N4O/c11-4-7-14(10(12)15)6-3-9-2-1-5-13-8-9/h1-2,5,8H,3-4,6-7,11H2,(H2,12,15). The van der Waals surface area contributed by atoms with Crippen LogP contribution in [0.5, 0.6) is 0 Å². The zero-order valence-corrected chi connectivity index (χ0v) is 8.60. The van der Waals surface area contributed by atoms with E-state index in [-0.39, 0.29) is 0 Å². The second-order valence-electron chi connectivity index (χ2n) is 3.23. The number of primary amides is 1. The summed E-state index contributed by atoms with van der Waals surface area (Å²) in [5.41, 5.74) is 11.7. The maximum Gasteiger partial charge on any atom is 0.314 e. The lowest BCUT2D eigenvalue weighted by molar-refractivity contribution is 0.209. The molecular formula is C10H16N4O. The normalized spacial score (nSPS) is 9.93. The quantitative estimate of drug-likeness (QED) is 0.712. The summed E-state index contributed by atoms with van der Waals surface area (Å²) >= 11 is 0. The van der Waals surface area contributed by atoms with Crippen molar-refractivity contribution < 1.29 is 4.79 Å². The minimum atomic E-state index is -0.427. The molecule has 0 bridgehead atoms. The first-order valence-corrected chi connectivity index (χ1v) is 4.87. The molecule has 0 fully saturated rings. The van der Waals surface area contributed by atoms with Gasteiger partial charge in [-0.3, -0.25) is 4.98 Å². The number of aromatic nitrogens is 1. The molecule has 4 N–H and O–H groups in total. The summed E-state index contributed by atoms with van der Waals surface area (Å²) in [6.07, 6.45) is 4.24. The SMILES string of the molecule is NCCN(CCc1cccnc1)C(N)=O. The summed E-state index contributed by atoms with van der Waals surface area (Å²) in [6.45, 7) is 1.50. The fourth-order valence-electron chi connectivity index (χ4n) is 1.30. The van der Waals surface area contributed by atoms with Gasteiger partial charge in [-0.05, 0) is 18.1 Å². The second-order valence-corrected chi connectivity index (χ2v) is 3.23.